The Morgan fingerprint density at radius 2 is 1.62 bits per heavy atom. The van der Waals surface area contributed by atoms with Crippen LogP contribution < -0.4 is 5.32 Å². The molecule has 4 aliphatic carbocycles. The zero-order chi connectivity index (χ0) is 15.0. The van der Waals surface area contributed by atoms with Gasteiger partial charge in [0.2, 0.25) is 0 Å². The van der Waals surface area contributed by atoms with E-state index in [-0.39, 0.29) is 0 Å². The highest BCUT2D eigenvalue weighted by molar-refractivity contribution is 7.90. The quantitative estimate of drug-likeness (QED) is 0.786. The number of rotatable bonds is 7. The van der Waals surface area contributed by atoms with Gasteiger partial charge in [0.15, 0.2) is 0 Å². The van der Waals surface area contributed by atoms with Crippen LogP contribution in [0.4, 0.5) is 0 Å². The normalized spacial score (nSPS) is 39.6. The smallest absolute Gasteiger partial charge is 0.147 e. The van der Waals surface area contributed by atoms with Crippen LogP contribution in [0.25, 0.3) is 0 Å². The van der Waals surface area contributed by atoms with E-state index in [0.29, 0.717) is 11.8 Å². The topological polar surface area (TPSA) is 46.2 Å². The second-order valence-corrected chi connectivity index (χ2v) is 10.2. The van der Waals surface area contributed by atoms with E-state index < -0.39 is 9.84 Å². The minimum absolute atomic E-state index is 0.349. The second kappa shape index (κ2) is 6.19. The molecule has 0 aromatic heterocycles. The van der Waals surface area contributed by atoms with Crippen molar-refractivity contribution in [3.05, 3.63) is 0 Å². The number of sulfone groups is 1. The predicted octanol–water partition coefficient (Wildman–Crippen LogP) is 2.86. The molecule has 4 aliphatic rings. The summed E-state index contributed by atoms with van der Waals surface area (Å²) in [7, 11) is -2.81. The Kier molecular flexibility index (Phi) is 4.66. The molecule has 0 aromatic rings. The van der Waals surface area contributed by atoms with E-state index in [1.54, 1.807) is 0 Å². The highest BCUT2D eigenvalue weighted by atomic mass is 32.2. The minimum atomic E-state index is -2.81. The molecule has 4 saturated carbocycles. The van der Waals surface area contributed by atoms with Gasteiger partial charge < -0.3 is 5.32 Å². The lowest BCUT2D eigenvalue weighted by atomic mass is 9.50. The molecule has 0 saturated heterocycles. The van der Waals surface area contributed by atoms with Crippen LogP contribution >= 0.6 is 0 Å². The monoisotopic (exact) mass is 313 g/mol. The van der Waals surface area contributed by atoms with Gasteiger partial charge in [-0.2, -0.15) is 0 Å². The summed E-state index contributed by atoms with van der Waals surface area (Å²) in [5.74, 6) is 5.04. The van der Waals surface area contributed by atoms with Gasteiger partial charge >= 0.3 is 0 Å². The van der Waals surface area contributed by atoms with Crippen molar-refractivity contribution >= 4 is 9.84 Å². The van der Waals surface area contributed by atoms with Gasteiger partial charge in [-0.05, 0) is 81.1 Å². The number of hydrogen-bond donors (Lipinski definition) is 1. The molecule has 21 heavy (non-hydrogen) atoms. The average Bonchev–Trinajstić information content (AvgIpc) is 2.35. The van der Waals surface area contributed by atoms with Gasteiger partial charge in [-0.3, -0.25) is 0 Å². The summed E-state index contributed by atoms with van der Waals surface area (Å²) in [6.07, 6.45) is 10.5. The lowest BCUT2D eigenvalue weighted by Gasteiger charge is -2.56. The second-order valence-electron chi connectivity index (χ2n) is 7.94. The van der Waals surface area contributed by atoms with E-state index in [4.69, 9.17) is 0 Å². The summed E-state index contributed by atoms with van der Waals surface area (Å²) in [6, 6.07) is 0.548. The Labute approximate surface area is 130 Å². The maximum atomic E-state index is 11.4. The SMILES string of the molecule is CCNC(CCCS(C)(=O)=O)C1C2CC3CC(C2)CC1C3. The largest absolute Gasteiger partial charge is 0.314 e. The zero-order valence-electron chi connectivity index (χ0n) is 13.6. The molecule has 0 radical (unpaired) electrons. The van der Waals surface area contributed by atoms with Crippen LogP contribution in [0.5, 0.6) is 0 Å². The summed E-state index contributed by atoms with van der Waals surface area (Å²) in [5.41, 5.74) is 0. The van der Waals surface area contributed by atoms with E-state index in [9.17, 15) is 8.42 Å². The first-order valence-electron chi connectivity index (χ1n) is 8.87. The Balaban J connectivity index is 1.63. The third kappa shape index (κ3) is 3.64. The molecule has 3 nitrogen and oxygen atoms in total. The molecule has 0 aromatic carbocycles. The molecule has 0 aliphatic heterocycles. The van der Waals surface area contributed by atoms with Crippen molar-refractivity contribution in [2.45, 2.75) is 57.9 Å². The van der Waals surface area contributed by atoms with Crippen LogP contribution in [-0.2, 0) is 9.84 Å². The van der Waals surface area contributed by atoms with E-state index in [1.165, 1.54) is 38.4 Å². The standard InChI is InChI=1S/C17H31NO2S/c1-3-18-16(5-4-6-21(2,19)20)17-14-8-12-7-13(10-14)11-15(17)9-12/h12-18H,3-11H2,1-2H3. The van der Waals surface area contributed by atoms with E-state index in [2.05, 4.69) is 12.2 Å². The maximum Gasteiger partial charge on any atom is 0.147 e. The lowest BCUT2D eigenvalue weighted by molar-refractivity contribution is -0.0527. The Hall–Kier alpha value is -0.0900. The zero-order valence-corrected chi connectivity index (χ0v) is 14.4. The van der Waals surface area contributed by atoms with Crippen molar-refractivity contribution in [2.75, 3.05) is 18.6 Å². The molecule has 0 spiro atoms. The first-order chi connectivity index (χ1) is 9.96. The summed E-state index contributed by atoms with van der Waals surface area (Å²) >= 11 is 0. The highest BCUT2D eigenvalue weighted by Gasteiger charge is 2.50. The van der Waals surface area contributed by atoms with Gasteiger partial charge in [0.05, 0.1) is 0 Å². The molecule has 0 amide bonds. The molecular formula is C17H31NO2S. The van der Waals surface area contributed by atoms with Crippen LogP contribution in [0.1, 0.15) is 51.9 Å². The minimum Gasteiger partial charge on any atom is -0.314 e. The summed E-state index contributed by atoms with van der Waals surface area (Å²) in [6.45, 7) is 3.19. The number of hydrogen-bond acceptors (Lipinski definition) is 3. The molecule has 0 heterocycles. The predicted molar refractivity (Wildman–Crippen MR) is 86.9 cm³/mol. The Bertz CT molecular complexity index is 431. The first-order valence-corrected chi connectivity index (χ1v) is 10.9. The van der Waals surface area contributed by atoms with Crippen molar-refractivity contribution in [3.8, 4) is 0 Å². The highest BCUT2D eigenvalue weighted by Crippen LogP contribution is 2.57. The number of nitrogens with one attached hydrogen (secondary N) is 1. The van der Waals surface area contributed by atoms with Gasteiger partial charge in [-0.1, -0.05) is 6.92 Å². The van der Waals surface area contributed by atoms with Gasteiger partial charge in [0, 0.05) is 18.1 Å². The summed E-state index contributed by atoms with van der Waals surface area (Å²) < 4.78 is 22.7. The van der Waals surface area contributed by atoms with Crippen LogP contribution in [-0.4, -0.2) is 33.0 Å². The van der Waals surface area contributed by atoms with Crippen LogP contribution in [0.3, 0.4) is 0 Å². The molecule has 4 heteroatoms. The average molecular weight is 314 g/mol. The Morgan fingerprint density at radius 3 is 2.10 bits per heavy atom. The van der Waals surface area contributed by atoms with Crippen molar-refractivity contribution < 1.29 is 8.42 Å². The van der Waals surface area contributed by atoms with E-state index in [0.717, 1.165) is 49.0 Å². The first kappa shape index (κ1) is 15.8. The molecule has 4 fully saturated rings. The van der Waals surface area contributed by atoms with Crippen LogP contribution in [0, 0.1) is 29.6 Å². The fourth-order valence-electron chi connectivity index (χ4n) is 5.88. The summed E-state index contributed by atoms with van der Waals surface area (Å²) in [5, 5.41) is 3.70. The molecular weight excluding hydrogens is 282 g/mol. The van der Waals surface area contributed by atoms with E-state index >= 15 is 0 Å². The van der Waals surface area contributed by atoms with Gasteiger partial charge in [0.1, 0.15) is 9.84 Å². The third-order valence-electron chi connectivity index (χ3n) is 6.26. The molecule has 1 atom stereocenters. The fourth-order valence-corrected chi connectivity index (χ4v) is 6.57. The molecule has 1 unspecified atom stereocenters. The molecule has 4 bridgehead atoms. The summed E-state index contributed by atoms with van der Waals surface area (Å²) in [4.78, 5) is 0. The Morgan fingerprint density at radius 1 is 1.05 bits per heavy atom. The van der Waals surface area contributed by atoms with Crippen molar-refractivity contribution in [2.24, 2.45) is 29.6 Å². The van der Waals surface area contributed by atoms with E-state index in [1.807, 2.05) is 0 Å². The molecule has 122 valence electrons. The van der Waals surface area contributed by atoms with Gasteiger partial charge in [-0.25, -0.2) is 8.42 Å². The van der Waals surface area contributed by atoms with Crippen molar-refractivity contribution in [1.82, 2.24) is 5.32 Å². The van der Waals surface area contributed by atoms with Crippen molar-refractivity contribution in [3.63, 3.8) is 0 Å². The van der Waals surface area contributed by atoms with Crippen LogP contribution in [0.15, 0.2) is 0 Å². The molecule has 4 rings (SSSR count). The van der Waals surface area contributed by atoms with Crippen LogP contribution in [0.2, 0.25) is 0 Å². The lowest BCUT2D eigenvalue weighted by Crippen LogP contribution is -2.53. The third-order valence-corrected chi connectivity index (χ3v) is 7.29. The fraction of sp³-hybridized carbons (Fsp3) is 1.00. The van der Waals surface area contributed by atoms with Gasteiger partial charge in [-0.15, -0.1) is 0 Å². The molecule has 1 N–H and O–H groups in total. The maximum absolute atomic E-state index is 11.4. The van der Waals surface area contributed by atoms with Gasteiger partial charge in [0.25, 0.3) is 0 Å². The van der Waals surface area contributed by atoms with Crippen molar-refractivity contribution in [1.29, 1.82) is 0 Å².